The number of Topliss-reactive ketones (excluding diaryl/α,β-unsaturated/α-hetero) is 1. The molecule has 0 fully saturated rings. The molecule has 0 saturated heterocycles. The second-order valence-electron chi connectivity index (χ2n) is 15.3. The molecule has 1 aliphatic rings. The summed E-state index contributed by atoms with van der Waals surface area (Å²) < 4.78 is 0. The topological polar surface area (TPSA) is 271 Å². The number of aliphatic hydroxyl groups excluding tert-OH is 1. The highest BCUT2D eigenvalue weighted by Gasteiger charge is 2.40. The van der Waals surface area contributed by atoms with E-state index in [1.54, 1.807) is 13.0 Å². The molecule has 0 aromatic heterocycles. The van der Waals surface area contributed by atoms with Crippen molar-refractivity contribution in [3.8, 4) is 17.2 Å². The molecule has 4 atom stereocenters. The van der Waals surface area contributed by atoms with Crippen LogP contribution in [0.25, 0.3) is 5.57 Å². The van der Waals surface area contributed by atoms with E-state index in [0.29, 0.717) is 18.4 Å². The number of phenols is 3. The van der Waals surface area contributed by atoms with Crippen LogP contribution >= 0.6 is 0 Å². The van der Waals surface area contributed by atoms with Crippen LogP contribution in [0, 0.1) is 12.8 Å². The van der Waals surface area contributed by atoms with Gasteiger partial charge in [0.1, 0.15) is 29.3 Å². The predicted octanol–water partition coefficient (Wildman–Crippen LogP) is 3.64. The number of carbonyl (C=O) groups excluding carboxylic acids is 6. The predicted molar refractivity (Wildman–Crippen MR) is 214 cm³/mol. The van der Waals surface area contributed by atoms with Gasteiger partial charge in [0.15, 0.2) is 5.78 Å². The zero-order valence-electron chi connectivity index (χ0n) is 33.4. The molecule has 0 saturated carbocycles. The number of aromatic hydroxyl groups is 3. The fourth-order valence-corrected chi connectivity index (χ4v) is 7.12. The number of ketones is 1. The molecule has 0 aliphatic heterocycles. The summed E-state index contributed by atoms with van der Waals surface area (Å²) in [5.74, 6) is -6.09. The first-order valence-corrected chi connectivity index (χ1v) is 19.7. The highest BCUT2D eigenvalue weighted by Crippen LogP contribution is 2.49. The Morgan fingerprint density at radius 1 is 0.737 bits per heavy atom. The third kappa shape index (κ3) is 13.3. The average Bonchev–Trinajstić information content (AvgIpc) is 3.39. The van der Waals surface area contributed by atoms with Gasteiger partial charge in [-0.1, -0.05) is 71.8 Å². The second kappa shape index (κ2) is 21.8. The van der Waals surface area contributed by atoms with Gasteiger partial charge in [0.05, 0.1) is 30.6 Å². The van der Waals surface area contributed by atoms with Crippen LogP contribution < -0.4 is 27.4 Å². The molecular formula is C42H59N5O10. The van der Waals surface area contributed by atoms with Crippen molar-refractivity contribution in [3.63, 3.8) is 0 Å². The minimum absolute atomic E-state index is 0.00478. The van der Waals surface area contributed by atoms with Crippen molar-refractivity contribution in [3.05, 3.63) is 58.2 Å². The molecule has 0 heterocycles. The van der Waals surface area contributed by atoms with Gasteiger partial charge in [0, 0.05) is 28.7 Å². The lowest BCUT2D eigenvalue weighted by Crippen LogP contribution is -2.56. The summed E-state index contributed by atoms with van der Waals surface area (Å²) in [5, 5.41) is 51.2. The van der Waals surface area contributed by atoms with E-state index in [1.807, 2.05) is 13.8 Å². The summed E-state index contributed by atoms with van der Waals surface area (Å²) >= 11 is 0. The van der Waals surface area contributed by atoms with Crippen LogP contribution in [0.1, 0.15) is 131 Å². The van der Waals surface area contributed by atoms with Crippen molar-refractivity contribution in [2.24, 2.45) is 17.4 Å². The maximum absolute atomic E-state index is 14.3. The van der Waals surface area contributed by atoms with Gasteiger partial charge in [-0.15, -0.1) is 0 Å². The highest BCUT2D eigenvalue weighted by molar-refractivity contribution is 6.25. The molecular weight excluding hydrogens is 734 g/mol. The Balaban J connectivity index is 1.91. The molecule has 1 aliphatic carbocycles. The highest BCUT2D eigenvalue weighted by atomic mass is 16.3. The van der Waals surface area contributed by atoms with Crippen molar-refractivity contribution in [1.82, 2.24) is 16.0 Å². The monoisotopic (exact) mass is 793 g/mol. The number of nitrogens with one attached hydrogen (secondary N) is 3. The number of amides is 5. The van der Waals surface area contributed by atoms with E-state index in [4.69, 9.17) is 11.5 Å². The molecule has 15 heteroatoms. The molecule has 312 valence electrons. The Hall–Kier alpha value is -5.44. The van der Waals surface area contributed by atoms with E-state index < -0.39 is 77.5 Å². The molecule has 2 aromatic rings. The van der Waals surface area contributed by atoms with Gasteiger partial charge in [0.2, 0.25) is 29.5 Å². The molecule has 15 nitrogen and oxygen atoms in total. The minimum atomic E-state index is -1.54. The van der Waals surface area contributed by atoms with Crippen LogP contribution in [0.15, 0.2) is 35.9 Å². The van der Waals surface area contributed by atoms with Gasteiger partial charge < -0.3 is 47.8 Å². The van der Waals surface area contributed by atoms with Crippen LogP contribution in [-0.4, -0.2) is 80.0 Å². The van der Waals surface area contributed by atoms with E-state index >= 15 is 0 Å². The van der Waals surface area contributed by atoms with Crippen molar-refractivity contribution >= 4 is 40.9 Å². The van der Waals surface area contributed by atoms with Crippen molar-refractivity contribution in [2.45, 2.75) is 135 Å². The second-order valence-corrected chi connectivity index (χ2v) is 15.3. The molecule has 0 unspecified atom stereocenters. The smallest absolute Gasteiger partial charge is 0.243 e. The Morgan fingerprint density at radius 2 is 1.35 bits per heavy atom. The Labute approximate surface area is 333 Å². The quantitative estimate of drug-likeness (QED) is 0.0696. The number of fused-ring (bicyclic) bond motifs is 1. The SMILES string of the molecule is CCCCCCCCC[C@@H](O)CC(=O)N[C@@H](CC(N)=O)C(=O)N[C@@H](CCC(N)=O)C(=O)N[C@@H](CC(C)C)C1=C(c2c(O)cccc2O)c2c(O)cc(C)cc2C1=O. The lowest BCUT2D eigenvalue weighted by Gasteiger charge is -2.27. The largest absolute Gasteiger partial charge is 0.507 e. The zero-order chi connectivity index (χ0) is 42.4. The number of aryl methyl sites for hydroxylation is 1. The van der Waals surface area contributed by atoms with Gasteiger partial charge in [0.25, 0.3) is 0 Å². The zero-order valence-corrected chi connectivity index (χ0v) is 33.4. The average molecular weight is 794 g/mol. The number of aliphatic hydroxyl groups is 1. The molecule has 57 heavy (non-hydrogen) atoms. The number of benzene rings is 2. The van der Waals surface area contributed by atoms with E-state index in [9.17, 15) is 49.2 Å². The summed E-state index contributed by atoms with van der Waals surface area (Å²) in [7, 11) is 0. The van der Waals surface area contributed by atoms with E-state index in [1.165, 1.54) is 30.7 Å². The van der Waals surface area contributed by atoms with Crippen molar-refractivity contribution in [1.29, 1.82) is 0 Å². The van der Waals surface area contributed by atoms with Crippen molar-refractivity contribution in [2.75, 3.05) is 0 Å². The number of primary amides is 2. The Bertz CT molecular complexity index is 1800. The fourth-order valence-electron chi connectivity index (χ4n) is 7.12. The summed E-state index contributed by atoms with van der Waals surface area (Å²) in [6.07, 6.45) is 5.08. The first-order valence-electron chi connectivity index (χ1n) is 19.7. The number of carbonyl (C=O) groups is 6. The normalized spacial score (nSPS) is 14.5. The molecule has 0 bridgehead atoms. The third-order valence-electron chi connectivity index (χ3n) is 9.84. The number of rotatable bonds is 24. The van der Waals surface area contributed by atoms with Crippen LogP contribution in [0.4, 0.5) is 0 Å². The van der Waals surface area contributed by atoms with E-state index in [0.717, 1.165) is 32.1 Å². The molecule has 0 radical (unpaired) electrons. The summed E-state index contributed by atoms with van der Waals surface area (Å²) in [6, 6.07) is 2.84. The lowest BCUT2D eigenvalue weighted by molar-refractivity contribution is -0.134. The summed E-state index contributed by atoms with van der Waals surface area (Å²) in [6.45, 7) is 7.48. The maximum atomic E-state index is 14.3. The Morgan fingerprint density at radius 3 is 1.95 bits per heavy atom. The van der Waals surface area contributed by atoms with Gasteiger partial charge in [-0.05, 0) is 61.9 Å². The number of hydrogen-bond acceptors (Lipinski definition) is 10. The minimum Gasteiger partial charge on any atom is -0.507 e. The third-order valence-corrected chi connectivity index (χ3v) is 9.84. The standard InChI is InChI=1S/C42H59N5O10/c1-5-6-7-8-9-10-11-13-25(48)21-35(54)45-29(22-34(44)53)42(57)46-27(16-17-33(43)52)41(56)47-28(18-23(2)3)37-39(38-30(49)14-12-15-31(38)50)36-26(40(37)55)19-24(4)20-32(36)51/h12,14-15,19-20,23,25,27-29,48-51H,5-11,13,16-18,21-22H2,1-4H3,(H2,43,52)(H2,44,53)(H,45,54)(H,46,57)(H,47,56)/t25-,27+,28+,29+/m1/s1. The number of nitrogens with two attached hydrogens (primary N) is 2. The molecule has 3 rings (SSSR count). The van der Waals surface area contributed by atoms with E-state index in [2.05, 4.69) is 22.9 Å². The Kier molecular flexibility index (Phi) is 17.5. The van der Waals surface area contributed by atoms with Gasteiger partial charge in [-0.3, -0.25) is 28.8 Å². The number of unbranched alkanes of at least 4 members (excludes halogenated alkanes) is 6. The fraction of sp³-hybridized carbons (Fsp3) is 0.524. The van der Waals surface area contributed by atoms with Gasteiger partial charge in [-0.2, -0.15) is 0 Å². The number of phenolic OH excluding ortho intramolecular Hbond substituents is 3. The van der Waals surface area contributed by atoms with Crippen LogP contribution in [-0.2, 0) is 24.0 Å². The van der Waals surface area contributed by atoms with Crippen molar-refractivity contribution < 1.29 is 49.2 Å². The van der Waals surface area contributed by atoms with Crippen LogP contribution in [0.3, 0.4) is 0 Å². The summed E-state index contributed by atoms with van der Waals surface area (Å²) in [5.41, 5.74) is 11.3. The maximum Gasteiger partial charge on any atom is 0.243 e. The van der Waals surface area contributed by atoms with Crippen LogP contribution in [0.5, 0.6) is 17.2 Å². The summed E-state index contributed by atoms with van der Waals surface area (Å²) in [4.78, 5) is 78.8. The number of hydrogen-bond donors (Lipinski definition) is 9. The first kappa shape index (κ1) is 45.9. The molecule has 0 spiro atoms. The van der Waals surface area contributed by atoms with Gasteiger partial charge in [-0.25, -0.2) is 0 Å². The lowest BCUT2D eigenvalue weighted by atomic mass is 9.89. The van der Waals surface area contributed by atoms with E-state index in [-0.39, 0.29) is 65.2 Å². The van der Waals surface area contributed by atoms with Gasteiger partial charge >= 0.3 is 0 Å². The molecule has 5 amide bonds. The van der Waals surface area contributed by atoms with Crippen LogP contribution in [0.2, 0.25) is 0 Å². The first-order chi connectivity index (χ1) is 26.9. The molecule has 2 aromatic carbocycles. The molecule has 11 N–H and O–H groups in total.